The maximum Gasteiger partial charge on any atom is 0.241 e. The summed E-state index contributed by atoms with van der Waals surface area (Å²) in [5.41, 5.74) is 4.01. The highest BCUT2D eigenvalue weighted by Gasteiger charge is 2.31. The number of sulfonamides is 1. The summed E-state index contributed by atoms with van der Waals surface area (Å²) >= 11 is 0. The molecule has 0 spiro atoms. The molecule has 3 fully saturated rings. The van der Waals surface area contributed by atoms with Gasteiger partial charge in [-0.1, -0.05) is 0 Å². The molecule has 2 atom stereocenters. The van der Waals surface area contributed by atoms with Crippen molar-refractivity contribution >= 4 is 32.7 Å². The van der Waals surface area contributed by atoms with Crippen molar-refractivity contribution in [3.63, 3.8) is 0 Å². The van der Waals surface area contributed by atoms with Gasteiger partial charge in [-0.2, -0.15) is 4.31 Å². The van der Waals surface area contributed by atoms with Crippen LogP contribution in [0, 0.1) is 5.92 Å². The van der Waals surface area contributed by atoms with Crippen molar-refractivity contribution in [2.45, 2.75) is 38.3 Å². The number of fused-ring (bicyclic) bond motifs is 1. The van der Waals surface area contributed by atoms with E-state index in [2.05, 4.69) is 24.8 Å². The van der Waals surface area contributed by atoms with Crippen molar-refractivity contribution < 1.29 is 17.9 Å². The van der Waals surface area contributed by atoms with E-state index in [1.165, 1.54) is 10.6 Å². The van der Waals surface area contributed by atoms with Gasteiger partial charge < -0.3 is 19.5 Å². The summed E-state index contributed by atoms with van der Waals surface area (Å²) in [6, 6.07) is 6.29. The van der Waals surface area contributed by atoms with Crippen LogP contribution in [0.4, 0.5) is 5.69 Å². The summed E-state index contributed by atoms with van der Waals surface area (Å²) in [4.78, 5) is 28.1. The molecule has 2 saturated heterocycles. The summed E-state index contributed by atoms with van der Waals surface area (Å²) < 4.78 is 33.7. The number of ether oxygens (including phenoxy) is 1. The molecule has 196 valence electrons. The Kier molecular flexibility index (Phi) is 6.03. The Morgan fingerprint density at radius 3 is 2.51 bits per heavy atom. The SMILES string of the molecule is C[C@@H](Oc1nc(-c2ccc(N3CCN(S(C)(=O)=O)CC3)cn2)cc2ncn(C3CC3)c12)C1CNC(=O)C1. The minimum absolute atomic E-state index is 0.0531. The number of carbonyl (C=O) groups excluding carboxylic acids is 1. The number of amides is 1. The van der Waals surface area contributed by atoms with Gasteiger partial charge in [-0.05, 0) is 38.0 Å². The Hall–Kier alpha value is -3.25. The van der Waals surface area contributed by atoms with E-state index in [4.69, 9.17) is 9.72 Å². The van der Waals surface area contributed by atoms with E-state index in [1.807, 2.05) is 31.5 Å². The molecule has 6 rings (SSSR count). The summed E-state index contributed by atoms with van der Waals surface area (Å²) in [6.07, 6.45) is 7.41. The van der Waals surface area contributed by atoms with Crippen LogP contribution in [0.5, 0.6) is 5.88 Å². The fourth-order valence-electron chi connectivity index (χ4n) is 5.10. The van der Waals surface area contributed by atoms with Gasteiger partial charge in [0.15, 0.2) is 0 Å². The normalized spacial score (nSPS) is 21.8. The van der Waals surface area contributed by atoms with Gasteiger partial charge in [-0.3, -0.25) is 9.78 Å². The Labute approximate surface area is 215 Å². The molecular formula is C25H31N7O4S. The average Bonchev–Trinajstić information content (AvgIpc) is 3.48. The molecule has 37 heavy (non-hydrogen) atoms. The van der Waals surface area contributed by atoms with Crippen molar-refractivity contribution in [3.05, 3.63) is 30.7 Å². The van der Waals surface area contributed by atoms with E-state index in [9.17, 15) is 13.2 Å². The van der Waals surface area contributed by atoms with E-state index in [0.29, 0.717) is 62.5 Å². The molecule has 11 nitrogen and oxygen atoms in total. The van der Waals surface area contributed by atoms with Gasteiger partial charge in [0, 0.05) is 51.1 Å². The third kappa shape index (κ3) is 4.87. The molecule has 1 unspecified atom stereocenters. The molecule has 3 aromatic rings. The molecule has 1 aliphatic carbocycles. The first-order valence-electron chi connectivity index (χ1n) is 12.7. The van der Waals surface area contributed by atoms with Crippen LogP contribution in [0.1, 0.15) is 32.2 Å². The lowest BCUT2D eigenvalue weighted by Crippen LogP contribution is -2.48. The number of rotatable bonds is 7. The number of imidazole rings is 1. The number of piperazine rings is 1. The molecule has 0 bridgehead atoms. The molecule has 0 aromatic carbocycles. The minimum atomic E-state index is -3.17. The molecule has 3 aliphatic rings. The topological polar surface area (TPSA) is 123 Å². The van der Waals surface area contributed by atoms with Crippen LogP contribution in [-0.4, -0.2) is 83.2 Å². The molecule has 2 aliphatic heterocycles. The molecule has 5 heterocycles. The Balaban J connectivity index is 1.26. The first kappa shape index (κ1) is 24.1. The lowest BCUT2D eigenvalue weighted by molar-refractivity contribution is -0.119. The van der Waals surface area contributed by atoms with E-state index in [0.717, 1.165) is 29.6 Å². The number of pyridine rings is 2. The second-order valence-corrected chi connectivity index (χ2v) is 12.2. The fourth-order valence-corrected chi connectivity index (χ4v) is 5.93. The van der Waals surface area contributed by atoms with E-state index >= 15 is 0 Å². The molecule has 3 aromatic heterocycles. The third-order valence-corrected chi connectivity index (χ3v) is 8.82. The quantitative estimate of drug-likeness (QED) is 0.496. The van der Waals surface area contributed by atoms with Crippen molar-refractivity contribution in [1.29, 1.82) is 0 Å². The van der Waals surface area contributed by atoms with Crippen molar-refractivity contribution in [2.75, 3.05) is 43.9 Å². The van der Waals surface area contributed by atoms with Gasteiger partial charge in [0.25, 0.3) is 0 Å². The Bertz CT molecular complexity index is 1430. The van der Waals surface area contributed by atoms with E-state index in [-0.39, 0.29) is 17.9 Å². The number of anilines is 1. The second kappa shape index (κ2) is 9.25. The number of hydrogen-bond donors (Lipinski definition) is 1. The van der Waals surface area contributed by atoms with Crippen LogP contribution in [0.15, 0.2) is 30.7 Å². The minimum Gasteiger partial charge on any atom is -0.473 e. The predicted molar refractivity (Wildman–Crippen MR) is 139 cm³/mol. The summed E-state index contributed by atoms with van der Waals surface area (Å²) in [5, 5.41) is 2.88. The Morgan fingerprint density at radius 1 is 1.11 bits per heavy atom. The average molecular weight is 526 g/mol. The molecule has 0 radical (unpaired) electrons. The van der Waals surface area contributed by atoms with Crippen molar-refractivity contribution in [1.82, 2.24) is 29.1 Å². The molecule has 1 saturated carbocycles. The third-order valence-electron chi connectivity index (χ3n) is 7.51. The van der Waals surface area contributed by atoms with Crippen LogP contribution in [0.25, 0.3) is 22.4 Å². The second-order valence-electron chi connectivity index (χ2n) is 10.2. The van der Waals surface area contributed by atoms with Gasteiger partial charge >= 0.3 is 0 Å². The van der Waals surface area contributed by atoms with Crippen molar-refractivity contribution in [3.8, 4) is 17.3 Å². The Morgan fingerprint density at radius 2 is 1.89 bits per heavy atom. The zero-order valence-corrected chi connectivity index (χ0v) is 21.8. The predicted octanol–water partition coefficient (Wildman–Crippen LogP) is 1.81. The van der Waals surface area contributed by atoms with Gasteiger partial charge in [-0.25, -0.2) is 18.4 Å². The first-order chi connectivity index (χ1) is 17.8. The fraction of sp³-hybridized carbons (Fsp3) is 0.520. The monoisotopic (exact) mass is 525 g/mol. The van der Waals surface area contributed by atoms with Gasteiger partial charge in [0.2, 0.25) is 21.8 Å². The van der Waals surface area contributed by atoms with Crippen LogP contribution in [0.2, 0.25) is 0 Å². The number of carbonyl (C=O) groups is 1. The van der Waals surface area contributed by atoms with Gasteiger partial charge in [0.05, 0.1) is 41.4 Å². The van der Waals surface area contributed by atoms with Crippen LogP contribution < -0.4 is 15.0 Å². The lowest BCUT2D eigenvalue weighted by atomic mass is 10.0. The standard InChI is InChI=1S/C25H31N7O4S/c1-16(17-11-23(33)27-13-17)36-25-24-22(28-15-32(24)18-3-4-18)12-21(29-25)20-6-5-19(14-26-20)30-7-9-31(10-8-30)37(2,34)35/h5-6,12,14-18H,3-4,7-11,13H2,1-2H3,(H,27,33)/t16-,17?/m1/s1. The summed E-state index contributed by atoms with van der Waals surface area (Å²) in [5.74, 6) is 0.662. The molecule has 12 heteroatoms. The zero-order valence-electron chi connectivity index (χ0n) is 21.0. The van der Waals surface area contributed by atoms with E-state index < -0.39 is 10.0 Å². The van der Waals surface area contributed by atoms with Crippen molar-refractivity contribution in [2.24, 2.45) is 5.92 Å². The summed E-state index contributed by atoms with van der Waals surface area (Å²) in [7, 11) is -3.17. The smallest absolute Gasteiger partial charge is 0.241 e. The largest absolute Gasteiger partial charge is 0.473 e. The molecule has 1 N–H and O–H groups in total. The highest BCUT2D eigenvalue weighted by atomic mass is 32.2. The molecular weight excluding hydrogens is 494 g/mol. The zero-order chi connectivity index (χ0) is 25.7. The van der Waals surface area contributed by atoms with E-state index in [1.54, 1.807) is 6.20 Å². The van der Waals surface area contributed by atoms with Gasteiger partial charge in [-0.15, -0.1) is 0 Å². The summed E-state index contributed by atoms with van der Waals surface area (Å²) in [6.45, 7) is 4.75. The number of nitrogens with one attached hydrogen (secondary N) is 1. The number of aromatic nitrogens is 4. The van der Waals surface area contributed by atoms with Gasteiger partial charge in [0.1, 0.15) is 11.6 Å². The number of hydrogen-bond acceptors (Lipinski definition) is 8. The lowest BCUT2D eigenvalue weighted by Gasteiger charge is -2.34. The maximum atomic E-state index is 11.8. The van der Waals surface area contributed by atoms with Crippen LogP contribution >= 0.6 is 0 Å². The highest BCUT2D eigenvalue weighted by Crippen LogP contribution is 2.40. The molecule has 1 amide bonds. The highest BCUT2D eigenvalue weighted by molar-refractivity contribution is 7.88. The van der Waals surface area contributed by atoms with Crippen LogP contribution in [-0.2, 0) is 14.8 Å². The number of nitrogens with zero attached hydrogens (tertiary/aromatic N) is 6. The first-order valence-corrected chi connectivity index (χ1v) is 14.6. The van der Waals surface area contributed by atoms with Crippen LogP contribution in [0.3, 0.4) is 0 Å². The maximum absolute atomic E-state index is 11.8.